The van der Waals surface area contributed by atoms with E-state index in [4.69, 9.17) is 13.9 Å². The topological polar surface area (TPSA) is 102 Å². The third-order valence-electron chi connectivity index (χ3n) is 5.13. The molecule has 0 amide bonds. The van der Waals surface area contributed by atoms with Crippen LogP contribution in [0.25, 0.3) is 10.9 Å². The number of hydrogen-bond donors (Lipinski definition) is 1. The van der Waals surface area contributed by atoms with Gasteiger partial charge in [0.1, 0.15) is 16.5 Å². The summed E-state index contributed by atoms with van der Waals surface area (Å²) in [6.07, 6.45) is 1.41. The van der Waals surface area contributed by atoms with Crippen molar-refractivity contribution in [2.45, 2.75) is 18.0 Å². The van der Waals surface area contributed by atoms with E-state index in [0.29, 0.717) is 28.2 Å². The first-order valence-corrected chi connectivity index (χ1v) is 11.1. The Bertz CT molecular complexity index is 1460. The Hall–Kier alpha value is -3.63. The molecule has 0 saturated heterocycles. The molecule has 0 radical (unpaired) electrons. The highest BCUT2D eigenvalue weighted by atomic mass is 32.2. The number of halogens is 1. The number of furan rings is 1. The number of sulfonamides is 1. The van der Waals surface area contributed by atoms with E-state index in [0.717, 1.165) is 10.4 Å². The molecular formula is C22H17FN2O6S. The van der Waals surface area contributed by atoms with Crippen LogP contribution in [-0.4, -0.2) is 24.5 Å². The van der Waals surface area contributed by atoms with E-state index in [2.05, 4.69) is 4.98 Å². The molecule has 2 aromatic heterocycles. The highest BCUT2D eigenvalue weighted by Gasteiger charge is 2.29. The van der Waals surface area contributed by atoms with Gasteiger partial charge in [-0.05, 0) is 36.4 Å². The van der Waals surface area contributed by atoms with E-state index in [1.807, 2.05) is 0 Å². The average molecular weight is 456 g/mol. The van der Waals surface area contributed by atoms with Gasteiger partial charge in [0.2, 0.25) is 16.8 Å². The Morgan fingerprint density at radius 3 is 2.53 bits per heavy atom. The van der Waals surface area contributed by atoms with Gasteiger partial charge < -0.3 is 18.9 Å². The fourth-order valence-corrected chi connectivity index (χ4v) is 4.99. The number of rotatable bonds is 6. The van der Waals surface area contributed by atoms with Crippen molar-refractivity contribution in [2.24, 2.45) is 0 Å². The monoisotopic (exact) mass is 456 g/mol. The van der Waals surface area contributed by atoms with Crippen LogP contribution < -0.4 is 15.0 Å². The fourth-order valence-electron chi connectivity index (χ4n) is 3.54. The molecule has 0 unspecified atom stereocenters. The van der Waals surface area contributed by atoms with E-state index in [1.54, 1.807) is 30.3 Å². The Morgan fingerprint density at radius 1 is 1.00 bits per heavy atom. The van der Waals surface area contributed by atoms with Gasteiger partial charge in [0, 0.05) is 23.6 Å². The van der Waals surface area contributed by atoms with Gasteiger partial charge in [0.05, 0.1) is 18.3 Å². The number of fused-ring (bicyclic) bond motifs is 2. The number of nitrogens with zero attached hydrogens (tertiary/aromatic N) is 1. The normalized spacial score (nSPS) is 13.2. The second kappa shape index (κ2) is 7.81. The Morgan fingerprint density at radius 2 is 1.78 bits per heavy atom. The molecule has 2 aromatic carbocycles. The molecule has 10 heteroatoms. The van der Waals surface area contributed by atoms with Crippen LogP contribution in [0.5, 0.6) is 11.5 Å². The predicted molar refractivity (Wildman–Crippen MR) is 112 cm³/mol. The molecule has 0 aliphatic carbocycles. The number of aromatic nitrogens is 1. The minimum Gasteiger partial charge on any atom is -0.468 e. The minimum atomic E-state index is -4.28. The summed E-state index contributed by atoms with van der Waals surface area (Å²) in [5.41, 5.74) is 0.241. The predicted octanol–water partition coefficient (Wildman–Crippen LogP) is 3.38. The summed E-state index contributed by atoms with van der Waals surface area (Å²) in [6.45, 7) is -0.389. The number of pyridine rings is 1. The van der Waals surface area contributed by atoms with E-state index < -0.39 is 26.3 Å². The molecule has 0 fully saturated rings. The van der Waals surface area contributed by atoms with Crippen LogP contribution in [0.2, 0.25) is 0 Å². The van der Waals surface area contributed by atoms with Crippen molar-refractivity contribution in [3.8, 4) is 11.5 Å². The van der Waals surface area contributed by atoms with E-state index in [9.17, 15) is 17.6 Å². The van der Waals surface area contributed by atoms with Gasteiger partial charge >= 0.3 is 0 Å². The molecule has 0 bridgehead atoms. The second-order valence-electron chi connectivity index (χ2n) is 7.20. The summed E-state index contributed by atoms with van der Waals surface area (Å²) < 4.78 is 58.0. The third-order valence-corrected chi connectivity index (χ3v) is 6.95. The number of aromatic amines is 1. The zero-order chi connectivity index (χ0) is 22.3. The molecule has 0 spiro atoms. The Kier molecular flexibility index (Phi) is 4.95. The van der Waals surface area contributed by atoms with Crippen molar-refractivity contribution >= 4 is 20.9 Å². The van der Waals surface area contributed by atoms with Gasteiger partial charge in [0.15, 0.2) is 11.5 Å². The lowest BCUT2D eigenvalue weighted by Gasteiger charge is -2.21. The molecule has 1 N–H and O–H groups in total. The van der Waals surface area contributed by atoms with Crippen LogP contribution in [-0.2, 0) is 23.1 Å². The summed E-state index contributed by atoms with van der Waals surface area (Å²) in [6, 6.07) is 13.3. The van der Waals surface area contributed by atoms with Gasteiger partial charge in [-0.25, -0.2) is 12.8 Å². The number of H-pyrrole nitrogens is 1. The zero-order valence-electron chi connectivity index (χ0n) is 16.6. The highest BCUT2D eigenvalue weighted by molar-refractivity contribution is 7.89. The van der Waals surface area contributed by atoms with Gasteiger partial charge in [-0.3, -0.25) is 4.79 Å². The van der Waals surface area contributed by atoms with Crippen LogP contribution in [0.4, 0.5) is 4.39 Å². The molecule has 5 rings (SSSR count). The van der Waals surface area contributed by atoms with Crippen molar-refractivity contribution in [1.29, 1.82) is 0 Å². The molecule has 164 valence electrons. The first kappa shape index (κ1) is 20.3. The molecule has 3 heterocycles. The van der Waals surface area contributed by atoms with Gasteiger partial charge in [-0.15, -0.1) is 0 Å². The van der Waals surface area contributed by atoms with Crippen molar-refractivity contribution in [1.82, 2.24) is 9.29 Å². The van der Waals surface area contributed by atoms with E-state index in [1.165, 1.54) is 24.5 Å². The summed E-state index contributed by atoms with van der Waals surface area (Å²) in [7, 11) is -4.28. The smallest absolute Gasteiger partial charge is 0.252 e. The quantitative estimate of drug-likeness (QED) is 0.477. The summed E-state index contributed by atoms with van der Waals surface area (Å²) in [4.78, 5) is 15.0. The maximum Gasteiger partial charge on any atom is 0.252 e. The number of ether oxygens (including phenoxy) is 2. The Balaban J connectivity index is 1.57. The van der Waals surface area contributed by atoms with Gasteiger partial charge in [-0.1, -0.05) is 12.1 Å². The summed E-state index contributed by atoms with van der Waals surface area (Å²) in [5, 5.41) is 0.644. The first-order chi connectivity index (χ1) is 15.4. The molecule has 8 nitrogen and oxygen atoms in total. The van der Waals surface area contributed by atoms with Gasteiger partial charge in [-0.2, -0.15) is 4.31 Å². The molecule has 1 aliphatic rings. The third kappa shape index (κ3) is 3.63. The van der Waals surface area contributed by atoms with E-state index in [-0.39, 0.29) is 25.4 Å². The molecule has 1 aliphatic heterocycles. The maximum absolute atomic E-state index is 14.4. The number of nitrogens with one attached hydrogen (secondary N) is 1. The molecule has 0 saturated carbocycles. The zero-order valence-corrected chi connectivity index (χ0v) is 17.4. The lowest BCUT2D eigenvalue weighted by molar-refractivity contribution is 0.174. The number of hydrogen-bond acceptors (Lipinski definition) is 6. The van der Waals surface area contributed by atoms with Crippen LogP contribution in [0.1, 0.15) is 11.3 Å². The standard InChI is InChI=1S/C22H17FN2O6S/c23-17-5-1-2-6-21(17)32(27,28)25(12-16-4-3-7-29-16)11-15-8-14-9-19-20(31-13-30-19)10-18(14)24-22(15)26/h1-10H,11-13H2,(H,24,26). The summed E-state index contributed by atoms with van der Waals surface area (Å²) >= 11 is 0. The average Bonchev–Trinajstić information content (AvgIpc) is 3.44. The molecule has 0 atom stereocenters. The molecular weight excluding hydrogens is 439 g/mol. The number of benzene rings is 2. The molecule has 32 heavy (non-hydrogen) atoms. The lowest BCUT2D eigenvalue weighted by Crippen LogP contribution is -2.33. The van der Waals surface area contributed by atoms with E-state index >= 15 is 0 Å². The van der Waals surface area contributed by atoms with Crippen LogP contribution in [0.15, 0.2) is 75.0 Å². The van der Waals surface area contributed by atoms with Crippen molar-refractivity contribution in [3.05, 3.63) is 88.4 Å². The highest BCUT2D eigenvalue weighted by Crippen LogP contribution is 2.35. The van der Waals surface area contributed by atoms with Gasteiger partial charge in [0.25, 0.3) is 5.56 Å². The lowest BCUT2D eigenvalue weighted by atomic mass is 10.1. The van der Waals surface area contributed by atoms with Crippen molar-refractivity contribution in [3.63, 3.8) is 0 Å². The van der Waals surface area contributed by atoms with Crippen LogP contribution in [0, 0.1) is 5.82 Å². The summed E-state index contributed by atoms with van der Waals surface area (Å²) in [5.74, 6) is 0.520. The fraction of sp³-hybridized carbons (Fsp3) is 0.136. The first-order valence-electron chi connectivity index (χ1n) is 9.64. The SMILES string of the molecule is O=c1[nH]c2cc3c(cc2cc1CN(Cc1ccco1)S(=O)(=O)c1ccccc1F)OCO3. The van der Waals surface area contributed by atoms with Crippen LogP contribution in [0.3, 0.4) is 0 Å². The maximum atomic E-state index is 14.4. The largest absolute Gasteiger partial charge is 0.468 e. The molecule has 4 aromatic rings. The van der Waals surface area contributed by atoms with Crippen molar-refractivity contribution < 1.29 is 26.7 Å². The Labute approximate surface area is 181 Å². The second-order valence-corrected chi connectivity index (χ2v) is 9.11. The van der Waals surface area contributed by atoms with Crippen molar-refractivity contribution in [2.75, 3.05) is 6.79 Å². The minimum absolute atomic E-state index is 0.0839. The van der Waals surface area contributed by atoms with Crippen LogP contribution >= 0.6 is 0 Å².